The van der Waals surface area contributed by atoms with Gasteiger partial charge in [0.05, 0.1) is 18.2 Å². The molecule has 5 nitrogen and oxygen atoms in total. The molecule has 0 fully saturated rings. The van der Waals surface area contributed by atoms with Crippen LogP contribution in [0.15, 0.2) is 45.7 Å². The molecular formula is C15H12N2O3S2. The molecule has 0 spiro atoms. The van der Waals surface area contributed by atoms with Gasteiger partial charge in [0.2, 0.25) is 0 Å². The number of ether oxygens (including phenoxy) is 1. The van der Waals surface area contributed by atoms with Crippen LogP contribution in [0.25, 0.3) is 10.2 Å². The lowest BCUT2D eigenvalue weighted by atomic mass is 10.1. The van der Waals surface area contributed by atoms with Gasteiger partial charge in [-0.15, -0.1) is 11.3 Å². The summed E-state index contributed by atoms with van der Waals surface area (Å²) in [5.74, 6) is 0.299. The van der Waals surface area contributed by atoms with Crippen molar-refractivity contribution >= 4 is 39.3 Å². The molecule has 0 saturated heterocycles. The van der Waals surface area contributed by atoms with Crippen molar-refractivity contribution in [3.63, 3.8) is 0 Å². The summed E-state index contributed by atoms with van der Waals surface area (Å²) in [6.45, 7) is 0. The van der Waals surface area contributed by atoms with Gasteiger partial charge >= 0.3 is 5.97 Å². The summed E-state index contributed by atoms with van der Waals surface area (Å²) in [4.78, 5) is 30.4. The quantitative estimate of drug-likeness (QED) is 0.452. The molecule has 0 saturated carbocycles. The highest BCUT2D eigenvalue weighted by atomic mass is 32.2. The van der Waals surface area contributed by atoms with Gasteiger partial charge in [-0.1, -0.05) is 23.9 Å². The van der Waals surface area contributed by atoms with Gasteiger partial charge in [-0.2, -0.15) is 0 Å². The number of H-pyrrole nitrogens is 1. The lowest BCUT2D eigenvalue weighted by Crippen LogP contribution is -2.07. The van der Waals surface area contributed by atoms with Crippen LogP contribution in [0.5, 0.6) is 0 Å². The van der Waals surface area contributed by atoms with Crippen LogP contribution < -0.4 is 5.56 Å². The minimum atomic E-state index is -0.354. The Labute approximate surface area is 134 Å². The molecule has 22 heavy (non-hydrogen) atoms. The number of hydrogen-bond acceptors (Lipinski definition) is 6. The largest absolute Gasteiger partial charge is 0.465 e. The number of nitrogens with one attached hydrogen (secondary N) is 1. The average molecular weight is 332 g/mol. The zero-order chi connectivity index (χ0) is 15.5. The molecule has 1 aromatic carbocycles. The van der Waals surface area contributed by atoms with E-state index in [9.17, 15) is 9.59 Å². The third kappa shape index (κ3) is 3.05. The van der Waals surface area contributed by atoms with E-state index in [0.29, 0.717) is 21.2 Å². The van der Waals surface area contributed by atoms with E-state index in [2.05, 4.69) is 14.7 Å². The van der Waals surface area contributed by atoms with E-state index < -0.39 is 0 Å². The number of nitrogens with zero attached hydrogens (tertiary/aromatic N) is 1. The fourth-order valence-corrected chi connectivity index (χ4v) is 3.48. The van der Waals surface area contributed by atoms with Crippen LogP contribution in [0.3, 0.4) is 0 Å². The molecule has 0 unspecified atom stereocenters. The van der Waals surface area contributed by atoms with Crippen molar-refractivity contribution in [2.45, 2.75) is 10.9 Å². The Hall–Kier alpha value is -2.12. The van der Waals surface area contributed by atoms with Gasteiger partial charge in [-0.05, 0) is 29.1 Å². The van der Waals surface area contributed by atoms with Gasteiger partial charge in [0, 0.05) is 5.75 Å². The maximum atomic E-state index is 11.9. The van der Waals surface area contributed by atoms with E-state index in [4.69, 9.17) is 0 Å². The zero-order valence-electron chi connectivity index (χ0n) is 11.7. The van der Waals surface area contributed by atoms with E-state index >= 15 is 0 Å². The molecule has 0 aliphatic heterocycles. The molecule has 0 amide bonds. The first-order valence-electron chi connectivity index (χ1n) is 6.45. The summed E-state index contributed by atoms with van der Waals surface area (Å²) in [5.41, 5.74) is 2.16. The topological polar surface area (TPSA) is 72.0 Å². The van der Waals surface area contributed by atoms with E-state index in [0.717, 1.165) is 11.1 Å². The van der Waals surface area contributed by atoms with Crippen LogP contribution in [0.4, 0.5) is 0 Å². The van der Waals surface area contributed by atoms with Crippen LogP contribution in [0, 0.1) is 0 Å². The van der Waals surface area contributed by atoms with Crippen molar-refractivity contribution in [3.8, 4) is 0 Å². The predicted octanol–water partition coefficient (Wildman–Crippen LogP) is 3.06. The fraction of sp³-hybridized carbons (Fsp3) is 0.133. The maximum absolute atomic E-state index is 11.9. The minimum absolute atomic E-state index is 0.108. The Morgan fingerprint density at radius 2 is 2.09 bits per heavy atom. The van der Waals surface area contributed by atoms with E-state index in [1.807, 2.05) is 23.6 Å². The average Bonchev–Trinajstić information content (AvgIpc) is 3.02. The summed E-state index contributed by atoms with van der Waals surface area (Å²) in [6.07, 6.45) is 0. The first-order chi connectivity index (χ1) is 10.7. The van der Waals surface area contributed by atoms with Gasteiger partial charge in [0.25, 0.3) is 5.56 Å². The second-order valence-corrected chi connectivity index (χ2v) is 6.36. The number of benzene rings is 1. The predicted molar refractivity (Wildman–Crippen MR) is 87.6 cm³/mol. The molecule has 2 aromatic heterocycles. The Morgan fingerprint density at radius 1 is 1.32 bits per heavy atom. The Balaban J connectivity index is 1.73. The van der Waals surface area contributed by atoms with E-state index in [1.54, 1.807) is 12.1 Å². The first kappa shape index (κ1) is 14.8. The second-order valence-electron chi connectivity index (χ2n) is 4.48. The molecule has 7 heteroatoms. The Bertz CT molecular complexity index is 868. The summed E-state index contributed by atoms with van der Waals surface area (Å²) in [5, 5.41) is 2.44. The van der Waals surface area contributed by atoms with Crippen molar-refractivity contribution in [2.75, 3.05) is 7.11 Å². The van der Waals surface area contributed by atoms with Crippen molar-refractivity contribution in [1.29, 1.82) is 0 Å². The molecule has 112 valence electrons. The zero-order valence-corrected chi connectivity index (χ0v) is 13.3. The minimum Gasteiger partial charge on any atom is -0.465 e. The number of thioether (sulfide) groups is 1. The smallest absolute Gasteiger partial charge is 0.337 e. The Kier molecular flexibility index (Phi) is 4.26. The van der Waals surface area contributed by atoms with E-state index in [1.165, 1.54) is 30.2 Å². The molecule has 3 aromatic rings. The number of carbonyl (C=O) groups is 1. The normalized spacial score (nSPS) is 10.8. The molecule has 0 radical (unpaired) electrons. The fourth-order valence-electron chi connectivity index (χ4n) is 1.93. The van der Waals surface area contributed by atoms with Crippen LogP contribution in [-0.4, -0.2) is 23.0 Å². The summed E-state index contributed by atoms with van der Waals surface area (Å²) in [6, 6.07) is 9.01. The molecule has 0 bridgehead atoms. The number of esters is 1. The molecular weight excluding hydrogens is 320 g/mol. The van der Waals surface area contributed by atoms with Gasteiger partial charge in [0.15, 0.2) is 5.16 Å². The Morgan fingerprint density at radius 3 is 2.82 bits per heavy atom. The summed E-state index contributed by atoms with van der Waals surface area (Å²) < 4.78 is 5.30. The molecule has 0 aliphatic carbocycles. The number of thiophene rings is 1. The van der Waals surface area contributed by atoms with Crippen molar-refractivity contribution < 1.29 is 9.53 Å². The molecule has 1 N–H and O–H groups in total. The number of carbonyl (C=O) groups excluding carboxylic acids is 1. The number of aromatic nitrogens is 2. The number of hydrogen-bond donors (Lipinski definition) is 1. The highest BCUT2D eigenvalue weighted by molar-refractivity contribution is 7.98. The van der Waals surface area contributed by atoms with Crippen LogP contribution in [-0.2, 0) is 10.5 Å². The van der Waals surface area contributed by atoms with Gasteiger partial charge in [0.1, 0.15) is 4.70 Å². The van der Waals surface area contributed by atoms with Gasteiger partial charge < -0.3 is 9.72 Å². The first-order valence-corrected chi connectivity index (χ1v) is 8.31. The number of methoxy groups -OCH3 is 1. The highest BCUT2D eigenvalue weighted by Gasteiger charge is 2.07. The molecule has 0 atom stereocenters. The van der Waals surface area contributed by atoms with Crippen LogP contribution in [0.2, 0.25) is 0 Å². The van der Waals surface area contributed by atoms with Crippen molar-refractivity contribution in [3.05, 3.63) is 57.2 Å². The van der Waals surface area contributed by atoms with Crippen molar-refractivity contribution in [2.24, 2.45) is 0 Å². The monoisotopic (exact) mass is 332 g/mol. The number of fused-ring (bicyclic) bond motifs is 1. The van der Waals surface area contributed by atoms with Crippen LogP contribution >= 0.6 is 23.1 Å². The highest BCUT2D eigenvalue weighted by Crippen LogP contribution is 2.22. The molecule has 2 heterocycles. The SMILES string of the molecule is COC(=O)c1ccc(CSc2nc3ccsc3c(=O)[nH]2)cc1. The van der Waals surface area contributed by atoms with Crippen LogP contribution in [0.1, 0.15) is 15.9 Å². The third-order valence-electron chi connectivity index (χ3n) is 3.04. The maximum Gasteiger partial charge on any atom is 0.337 e. The lowest BCUT2D eigenvalue weighted by Gasteiger charge is -2.03. The summed E-state index contributed by atoms with van der Waals surface area (Å²) in [7, 11) is 1.36. The lowest BCUT2D eigenvalue weighted by molar-refractivity contribution is 0.0600. The van der Waals surface area contributed by atoms with Gasteiger partial charge in [-0.3, -0.25) is 4.79 Å². The number of aromatic amines is 1. The van der Waals surface area contributed by atoms with E-state index in [-0.39, 0.29) is 11.5 Å². The standard InChI is InChI=1S/C15H12N2O3S2/c1-20-14(19)10-4-2-9(3-5-10)8-22-15-16-11-6-7-21-12(11)13(18)17-15/h2-7H,8H2,1H3,(H,16,17,18). The third-order valence-corrected chi connectivity index (χ3v) is 4.89. The number of rotatable bonds is 4. The second kappa shape index (κ2) is 6.33. The summed E-state index contributed by atoms with van der Waals surface area (Å²) >= 11 is 2.83. The molecule has 3 rings (SSSR count). The molecule has 0 aliphatic rings. The van der Waals surface area contributed by atoms with Crippen molar-refractivity contribution in [1.82, 2.24) is 9.97 Å². The van der Waals surface area contributed by atoms with Gasteiger partial charge in [-0.25, -0.2) is 9.78 Å².